The van der Waals surface area contributed by atoms with Crippen molar-refractivity contribution >= 4 is 38.3 Å². The number of unbranched alkanes of at least 4 members (excludes halogenated alkanes) is 2. The molecule has 9 heteroatoms. The van der Waals surface area contributed by atoms with E-state index in [-0.39, 0.29) is 9.47 Å². The minimum absolute atomic E-state index is 0.0703. The van der Waals surface area contributed by atoms with E-state index in [4.69, 9.17) is 5.73 Å². The number of nitrogens with zero attached hydrogens (tertiary/aromatic N) is 2. The van der Waals surface area contributed by atoms with Crippen molar-refractivity contribution in [1.29, 1.82) is 0 Å². The molecule has 0 atom stereocenters. The lowest BCUT2D eigenvalue weighted by Gasteiger charge is -2.02. The topological polar surface area (TPSA) is 98.0 Å². The van der Waals surface area contributed by atoms with Crippen LogP contribution in [0, 0.1) is 0 Å². The average Bonchev–Trinajstić information content (AvgIpc) is 2.71. The van der Waals surface area contributed by atoms with E-state index >= 15 is 0 Å². The number of thioether (sulfide) groups is 1. The second-order valence-corrected chi connectivity index (χ2v) is 7.29. The maximum absolute atomic E-state index is 11.7. The first-order valence-corrected chi connectivity index (χ1v) is 8.83. The average molecular weight is 296 g/mol. The zero-order chi connectivity index (χ0) is 12.7. The molecule has 0 unspecified atom stereocenters. The fraction of sp³-hybridized carbons (Fsp3) is 0.750. The van der Waals surface area contributed by atoms with Crippen molar-refractivity contribution in [2.45, 2.75) is 23.6 Å². The summed E-state index contributed by atoms with van der Waals surface area (Å²) in [7, 11) is -3.52. The van der Waals surface area contributed by atoms with Crippen molar-refractivity contribution in [3.63, 3.8) is 0 Å². The highest BCUT2D eigenvalue weighted by Crippen LogP contribution is 2.16. The van der Waals surface area contributed by atoms with Crippen molar-refractivity contribution in [2.75, 3.05) is 24.3 Å². The summed E-state index contributed by atoms with van der Waals surface area (Å²) in [6.07, 6.45) is 5.01. The van der Waals surface area contributed by atoms with Crippen LogP contribution in [-0.4, -0.2) is 37.2 Å². The van der Waals surface area contributed by atoms with E-state index in [9.17, 15) is 8.42 Å². The highest BCUT2D eigenvalue weighted by molar-refractivity contribution is 7.98. The van der Waals surface area contributed by atoms with Crippen LogP contribution in [0.25, 0.3) is 0 Å². The van der Waals surface area contributed by atoms with Gasteiger partial charge in [0.1, 0.15) is 0 Å². The van der Waals surface area contributed by atoms with E-state index in [0.717, 1.165) is 36.4 Å². The Morgan fingerprint density at radius 3 is 2.71 bits per heavy atom. The van der Waals surface area contributed by atoms with Gasteiger partial charge in [-0.05, 0) is 24.9 Å². The van der Waals surface area contributed by atoms with Gasteiger partial charge < -0.3 is 5.73 Å². The van der Waals surface area contributed by atoms with Gasteiger partial charge >= 0.3 is 0 Å². The van der Waals surface area contributed by atoms with Crippen LogP contribution < -0.4 is 10.5 Å². The normalized spacial score (nSPS) is 11.8. The number of nitrogen functional groups attached to an aromatic ring is 1. The monoisotopic (exact) mass is 296 g/mol. The third kappa shape index (κ3) is 5.19. The zero-order valence-electron chi connectivity index (χ0n) is 9.55. The Bertz CT molecular complexity index is 432. The Morgan fingerprint density at radius 2 is 2.12 bits per heavy atom. The van der Waals surface area contributed by atoms with Crippen LogP contribution in [0.3, 0.4) is 0 Å². The van der Waals surface area contributed by atoms with E-state index in [1.54, 1.807) is 11.8 Å². The molecule has 0 aromatic carbocycles. The molecule has 0 aliphatic rings. The minimum Gasteiger partial charge on any atom is -0.374 e. The summed E-state index contributed by atoms with van der Waals surface area (Å²) < 4.78 is 25.8. The molecule has 0 saturated heterocycles. The van der Waals surface area contributed by atoms with Gasteiger partial charge in [0.15, 0.2) is 0 Å². The third-order valence-corrected chi connectivity index (χ3v) is 5.25. The van der Waals surface area contributed by atoms with Crippen molar-refractivity contribution in [3.8, 4) is 0 Å². The number of hydrogen-bond donors (Lipinski definition) is 2. The SMILES string of the molecule is CSCCCCCNS(=O)(=O)c1nnc(N)s1. The molecule has 98 valence electrons. The predicted molar refractivity (Wildman–Crippen MR) is 71.7 cm³/mol. The first-order valence-electron chi connectivity index (χ1n) is 5.14. The molecule has 1 heterocycles. The standard InChI is InChI=1S/C8H16N4O2S3/c1-15-6-4-2-3-5-10-17(13,14)8-12-11-7(9)16-8/h10H,2-6H2,1H3,(H2,9,11). The number of rotatable bonds is 8. The maximum atomic E-state index is 11.7. The quantitative estimate of drug-likeness (QED) is 0.693. The van der Waals surface area contributed by atoms with Gasteiger partial charge in [-0.1, -0.05) is 17.8 Å². The summed E-state index contributed by atoms with van der Waals surface area (Å²) in [6, 6.07) is 0. The Morgan fingerprint density at radius 1 is 1.35 bits per heavy atom. The van der Waals surface area contributed by atoms with Gasteiger partial charge in [-0.15, -0.1) is 10.2 Å². The number of sulfonamides is 1. The maximum Gasteiger partial charge on any atom is 0.269 e. The molecule has 0 amide bonds. The molecule has 0 aliphatic heterocycles. The summed E-state index contributed by atoms with van der Waals surface area (Å²) in [5, 5.41) is 7.14. The third-order valence-electron chi connectivity index (χ3n) is 1.97. The molecule has 1 rings (SSSR count). The lowest BCUT2D eigenvalue weighted by molar-refractivity contribution is 0.574. The van der Waals surface area contributed by atoms with Crippen LogP contribution >= 0.6 is 23.1 Å². The smallest absolute Gasteiger partial charge is 0.269 e. The van der Waals surface area contributed by atoms with Gasteiger partial charge in [0.05, 0.1) is 0 Å². The number of nitrogens with one attached hydrogen (secondary N) is 1. The van der Waals surface area contributed by atoms with Gasteiger partial charge in [-0.25, -0.2) is 13.1 Å². The predicted octanol–water partition coefficient (Wildman–Crippen LogP) is 0.932. The fourth-order valence-electron chi connectivity index (χ4n) is 1.15. The second kappa shape index (κ2) is 7.14. The highest BCUT2D eigenvalue weighted by Gasteiger charge is 2.18. The number of aromatic nitrogens is 2. The van der Waals surface area contributed by atoms with Gasteiger partial charge in [-0.3, -0.25) is 0 Å². The zero-order valence-corrected chi connectivity index (χ0v) is 12.0. The first-order chi connectivity index (χ1) is 8.06. The molecule has 0 radical (unpaired) electrons. The van der Waals surface area contributed by atoms with Crippen molar-refractivity contribution in [2.24, 2.45) is 0 Å². The van der Waals surface area contributed by atoms with Crippen LogP contribution in [0.4, 0.5) is 5.13 Å². The molecular formula is C8H16N4O2S3. The number of hydrogen-bond acceptors (Lipinski definition) is 7. The fourth-order valence-corrected chi connectivity index (χ4v) is 3.54. The van der Waals surface area contributed by atoms with E-state index in [1.165, 1.54) is 0 Å². The van der Waals surface area contributed by atoms with Crippen LogP contribution in [-0.2, 0) is 10.0 Å². The molecule has 6 nitrogen and oxygen atoms in total. The van der Waals surface area contributed by atoms with E-state index in [2.05, 4.69) is 21.2 Å². The first kappa shape index (κ1) is 14.7. The summed E-state index contributed by atoms with van der Waals surface area (Å²) in [6.45, 7) is 0.427. The van der Waals surface area contributed by atoms with Crippen molar-refractivity contribution < 1.29 is 8.42 Å². The second-order valence-electron chi connectivity index (χ2n) is 3.36. The molecule has 1 aromatic heterocycles. The molecule has 0 fully saturated rings. The molecule has 0 bridgehead atoms. The van der Waals surface area contributed by atoms with Gasteiger partial charge in [0, 0.05) is 6.54 Å². The Hall–Kier alpha value is -0.380. The lowest BCUT2D eigenvalue weighted by Crippen LogP contribution is -2.24. The largest absolute Gasteiger partial charge is 0.374 e. The van der Waals surface area contributed by atoms with Crippen LogP contribution in [0.15, 0.2) is 4.34 Å². The van der Waals surface area contributed by atoms with Gasteiger partial charge in [0.25, 0.3) is 10.0 Å². The minimum atomic E-state index is -3.52. The Labute approximate surface area is 109 Å². The summed E-state index contributed by atoms with van der Waals surface area (Å²) >= 11 is 2.66. The molecule has 17 heavy (non-hydrogen) atoms. The van der Waals surface area contributed by atoms with Crippen LogP contribution in [0.2, 0.25) is 0 Å². The molecule has 0 saturated carbocycles. The van der Waals surface area contributed by atoms with Gasteiger partial charge in [-0.2, -0.15) is 11.8 Å². The van der Waals surface area contributed by atoms with E-state index < -0.39 is 10.0 Å². The molecule has 0 aliphatic carbocycles. The van der Waals surface area contributed by atoms with Crippen LogP contribution in [0.1, 0.15) is 19.3 Å². The van der Waals surface area contributed by atoms with Crippen molar-refractivity contribution in [3.05, 3.63) is 0 Å². The highest BCUT2D eigenvalue weighted by atomic mass is 32.2. The van der Waals surface area contributed by atoms with Crippen molar-refractivity contribution in [1.82, 2.24) is 14.9 Å². The molecule has 1 aromatic rings. The van der Waals surface area contributed by atoms with Gasteiger partial charge in [0.2, 0.25) is 9.47 Å². The molecule has 3 N–H and O–H groups in total. The molecular weight excluding hydrogens is 280 g/mol. The summed E-state index contributed by atoms with van der Waals surface area (Å²) in [5.74, 6) is 1.11. The Kier molecular flexibility index (Phi) is 6.17. The number of anilines is 1. The lowest BCUT2D eigenvalue weighted by atomic mass is 10.2. The Balaban J connectivity index is 2.31. The summed E-state index contributed by atoms with van der Waals surface area (Å²) in [4.78, 5) is 0. The summed E-state index contributed by atoms with van der Waals surface area (Å²) in [5.41, 5.74) is 5.34. The van der Waals surface area contributed by atoms with E-state index in [1.807, 2.05) is 0 Å². The van der Waals surface area contributed by atoms with E-state index in [0.29, 0.717) is 6.54 Å². The van der Waals surface area contributed by atoms with Crippen LogP contribution in [0.5, 0.6) is 0 Å². The number of nitrogens with two attached hydrogens (primary N) is 1. The molecule has 0 spiro atoms.